The summed E-state index contributed by atoms with van der Waals surface area (Å²) in [6.07, 6.45) is 2.86. The molecule has 0 radical (unpaired) electrons. The number of hydrogen-bond donors (Lipinski definition) is 2. The van der Waals surface area contributed by atoms with E-state index in [1.165, 1.54) is 10.4 Å². The number of likely N-dealkylation sites (tertiary alicyclic amines) is 1. The summed E-state index contributed by atoms with van der Waals surface area (Å²) in [6.45, 7) is 5.57. The zero-order valence-electron chi connectivity index (χ0n) is 14.0. The number of nitrogens with one attached hydrogen (secondary N) is 1. The number of carbonyl (C=O) groups is 2. The second kappa shape index (κ2) is 6.76. The van der Waals surface area contributed by atoms with Gasteiger partial charge < -0.3 is 10.6 Å². The van der Waals surface area contributed by atoms with Crippen LogP contribution in [0.3, 0.4) is 0 Å². The molecule has 6 nitrogen and oxygen atoms in total. The van der Waals surface area contributed by atoms with Crippen LogP contribution in [-0.4, -0.2) is 40.0 Å². The number of amides is 2. The van der Waals surface area contributed by atoms with Gasteiger partial charge in [0.1, 0.15) is 5.69 Å². The van der Waals surface area contributed by atoms with Gasteiger partial charge in [0.2, 0.25) is 0 Å². The lowest BCUT2D eigenvalue weighted by Crippen LogP contribution is -2.38. The van der Waals surface area contributed by atoms with Crippen LogP contribution >= 0.6 is 11.3 Å². The second-order valence-electron chi connectivity index (χ2n) is 6.23. The van der Waals surface area contributed by atoms with Gasteiger partial charge in [-0.15, -0.1) is 11.3 Å². The van der Waals surface area contributed by atoms with Crippen molar-refractivity contribution in [1.82, 2.24) is 15.1 Å². The number of aromatic nitrogens is 2. The minimum atomic E-state index is -0.539. The molecule has 2 aromatic heterocycles. The van der Waals surface area contributed by atoms with Gasteiger partial charge in [0, 0.05) is 29.6 Å². The summed E-state index contributed by atoms with van der Waals surface area (Å²) in [4.78, 5) is 28.0. The zero-order chi connectivity index (χ0) is 17.3. The maximum Gasteiger partial charge on any atom is 0.269 e. The number of aromatic amines is 1. The van der Waals surface area contributed by atoms with Crippen LogP contribution in [0.4, 0.5) is 0 Å². The highest BCUT2D eigenvalue weighted by Crippen LogP contribution is 2.29. The molecule has 3 heterocycles. The van der Waals surface area contributed by atoms with E-state index in [-0.39, 0.29) is 17.5 Å². The molecular weight excluding hydrogens is 324 g/mol. The maximum absolute atomic E-state index is 12.8. The van der Waals surface area contributed by atoms with Crippen LogP contribution in [0.15, 0.2) is 12.1 Å². The number of H-pyrrole nitrogens is 1. The van der Waals surface area contributed by atoms with Crippen molar-refractivity contribution in [2.24, 2.45) is 5.73 Å². The molecule has 3 rings (SSSR count). The first-order valence-electron chi connectivity index (χ1n) is 8.23. The Morgan fingerprint density at radius 1 is 1.46 bits per heavy atom. The molecule has 7 heteroatoms. The second-order valence-corrected chi connectivity index (χ2v) is 7.37. The van der Waals surface area contributed by atoms with Crippen LogP contribution in [0.25, 0.3) is 0 Å². The fraction of sp³-hybridized carbons (Fsp3) is 0.471. The number of hydrogen-bond acceptors (Lipinski definition) is 4. The third-order valence-corrected chi connectivity index (χ3v) is 5.92. The first kappa shape index (κ1) is 16.7. The Morgan fingerprint density at radius 2 is 2.25 bits per heavy atom. The number of thiophene rings is 1. The Bertz CT molecular complexity index is 764. The maximum atomic E-state index is 12.8. The van der Waals surface area contributed by atoms with E-state index in [0.29, 0.717) is 6.54 Å². The van der Waals surface area contributed by atoms with E-state index in [2.05, 4.69) is 24.0 Å². The third-order valence-electron chi connectivity index (χ3n) is 4.55. The molecular formula is C17H22N4O2S. The molecule has 128 valence electrons. The Kier molecular flexibility index (Phi) is 4.71. The molecule has 1 unspecified atom stereocenters. The molecule has 2 amide bonds. The molecule has 0 aromatic carbocycles. The van der Waals surface area contributed by atoms with E-state index >= 15 is 0 Å². The molecule has 0 spiro atoms. The molecule has 1 saturated heterocycles. The van der Waals surface area contributed by atoms with Gasteiger partial charge in [0.05, 0.1) is 4.88 Å². The van der Waals surface area contributed by atoms with Gasteiger partial charge in [-0.2, -0.15) is 5.10 Å². The molecule has 1 atom stereocenters. The normalized spacial score (nSPS) is 17.9. The van der Waals surface area contributed by atoms with Crippen molar-refractivity contribution < 1.29 is 9.59 Å². The van der Waals surface area contributed by atoms with Crippen LogP contribution < -0.4 is 5.73 Å². The highest BCUT2D eigenvalue weighted by molar-refractivity contribution is 7.14. The van der Waals surface area contributed by atoms with E-state index in [1.54, 1.807) is 17.4 Å². The van der Waals surface area contributed by atoms with E-state index in [9.17, 15) is 9.59 Å². The number of rotatable bonds is 4. The number of nitrogens with two attached hydrogens (primary N) is 1. The van der Waals surface area contributed by atoms with E-state index in [4.69, 9.17) is 5.73 Å². The minimum absolute atomic E-state index is 0.0992. The fourth-order valence-electron chi connectivity index (χ4n) is 3.22. The molecule has 0 saturated carbocycles. The molecule has 1 aliphatic rings. The van der Waals surface area contributed by atoms with E-state index in [1.807, 2.05) is 11.0 Å². The summed E-state index contributed by atoms with van der Waals surface area (Å²) in [6, 6.07) is 3.70. The summed E-state index contributed by atoms with van der Waals surface area (Å²) >= 11 is 1.59. The number of carbonyl (C=O) groups excluding carboxylic acids is 2. The average molecular weight is 346 g/mol. The molecule has 0 aliphatic carbocycles. The van der Waals surface area contributed by atoms with Crippen molar-refractivity contribution in [2.45, 2.75) is 39.0 Å². The summed E-state index contributed by atoms with van der Waals surface area (Å²) in [5, 5.41) is 6.84. The van der Waals surface area contributed by atoms with Gasteiger partial charge in [-0.25, -0.2) is 0 Å². The van der Waals surface area contributed by atoms with Gasteiger partial charge in [0.25, 0.3) is 11.8 Å². The fourth-order valence-corrected chi connectivity index (χ4v) is 4.30. The average Bonchev–Trinajstić information content (AvgIpc) is 3.21. The Hall–Kier alpha value is -2.15. The zero-order valence-corrected chi connectivity index (χ0v) is 14.8. The Morgan fingerprint density at radius 3 is 2.88 bits per heavy atom. The summed E-state index contributed by atoms with van der Waals surface area (Å²) in [5.74, 6) is -0.278. The van der Waals surface area contributed by atoms with Gasteiger partial charge in [-0.05, 0) is 43.9 Å². The minimum Gasteiger partial charge on any atom is -0.364 e. The SMILES string of the molecule is CCc1sc(C(=O)N2CCCC(c3cc(C(N)=O)n[nH]3)C2)cc1C. The number of piperidine rings is 1. The lowest BCUT2D eigenvalue weighted by molar-refractivity contribution is 0.0710. The third kappa shape index (κ3) is 3.21. The number of primary amides is 1. The standard InChI is InChI=1S/C17H22N4O2S/c1-3-14-10(2)7-15(24-14)17(23)21-6-4-5-11(9-21)12-8-13(16(18)22)20-19-12/h7-8,11H,3-6,9H2,1-2H3,(H2,18,22)(H,19,20). The molecule has 2 aromatic rings. The Labute approximate surface area is 145 Å². The van der Waals surface area contributed by atoms with Crippen molar-refractivity contribution in [1.29, 1.82) is 0 Å². The lowest BCUT2D eigenvalue weighted by Gasteiger charge is -2.32. The quantitative estimate of drug-likeness (QED) is 0.891. The first-order chi connectivity index (χ1) is 11.5. The van der Waals surface area contributed by atoms with Gasteiger partial charge in [-0.1, -0.05) is 6.92 Å². The smallest absolute Gasteiger partial charge is 0.269 e. The lowest BCUT2D eigenvalue weighted by atomic mass is 9.94. The van der Waals surface area contributed by atoms with Crippen molar-refractivity contribution in [3.05, 3.63) is 38.8 Å². The van der Waals surface area contributed by atoms with Crippen LogP contribution in [0.2, 0.25) is 0 Å². The summed E-state index contributed by atoms with van der Waals surface area (Å²) < 4.78 is 0. The van der Waals surface area contributed by atoms with E-state index in [0.717, 1.165) is 36.4 Å². The molecule has 0 bridgehead atoms. The molecule has 3 N–H and O–H groups in total. The molecule has 24 heavy (non-hydrogen) atoms. The van der Waals surface area contributed by atoms with Gasteiger partial charge in [0.15, 0.2) is 0 Å². The predicted molar refractivity (Wildman–Crippen MR) is 93.4 cm³/mol. The van der Waals surface area contributed by atoms with Crippen molar-refractivity contribution in [3.63, 3.8) is 0 Å². The molecule has 1 fully saturated rings. The topological polar surface area (TPSA) is 92.1 Å². The van der Waals surface area contributed by atoms with Crippen molar-refractivity contribution >= 4 is 23.2 Å². The van der Waals surface area contributed by atoms with Crippen LogP contribution in [0.1, 0.15) is 62.0 Å². The monoisotopic (exact) mass is 346 g/mol. The Balaban J connectivity index is 1.74. The van der Waals surface area contributed by atoms with Crippen molar-refractivity contribution in [3.8, 4) is 0 Å². The number of aryl methyl sites for hydroxylation is 2. The highest BCUT2D eigenvalue weighted by Gasteiger charge is 2.28. The van der Waals surface area contributed by atoms with Crippen LogP contribution in [-0.2, 0) is 6.42 Å². The molecule has 1 aliphatic heterocycles. The first-order valence-corrected chi connectivity index (χ1v) is 9.05. The van der Waals surface area contributed by atoms with Crippen LogP contribution in [0, 0.1) is 6.92 Å². The predicted octanol–water partition coefficient (Wildman–Crippen LogP) is 2.46. The van der Waals surface area contributed by atoms with Gasteiger partial charge in [-0.3, -0.25) is 14.7 Å². The number of nitrogens with zero attached hydrogens (tertiary/aromatic N) is 2. The van der Waals surface area contributed by atoms with Crippen LogP contribution in [0.5, 0.6) is 0 Å². The largest absolute Gasteiger partial charge is 0.364 e. The summed E-state index contributed by atoms with van der Waals surface area (Å²) in [7, 11) is 0. The summed E-state index contributed by atoms with van der Waals surface area (Å²) in [5.41, 5.74) is 7.57. The highest BCUT2D eigenvalue weighted by atomic mass is 32.1. The van der Waals surface area contributed by atoms with Crippen molar-refractivity contribution in [2.75, 3.05) is 13.1 Å². The van der Waals surface area contributed by atoms with E-state index < -0.39 is 5.91 Å². The van der Waals surface area contributed by atoms with Gasteiger partial charge >= 0.3 is 0 Å².